The molecule has 0 bridgehead atoms. The van der Waals surface area contributed by atoms with Crippen LogP contribution in [0.5, 0.6) is 0 Å². The van der Waals surface area contributed by atoms with E-state index in [0.717, 1.165) is 36.9 Å². The van der Waals surface area contributed by atoms with Crippen LogP contribution in [0.3, 0.4) is 0 Å². The molecule has 0 N–H and O–H groups in total. The van der Waals surface area contributed by atoms with Crippen LogP contribution in [0.15, 0.2) is 24.3 Å². The number of hydrogen-bond donors (Lipinski definition) is 0. The minimum Gasteiger partial charge on any atom is -0.368 e. The number of rotatable bonds is 2. The Hall–Kier alpha value is -1.30. The highest BCUT2D eigenvalue weighted by Gasteiger charge is 2.20. The third-order valence-electron chi connectivity index (χ3n) is 3.32. The van der Waals surface area contributed by atoms with E-state index in [0.29, 0.717) is 5.95 Å². The number of piperazine rings is 1. The van der Waals surface area contributed by atoms with Crippen LogP contribution in [0.2, 0.25) is 15.6 Å². The molecule has 0 amide bonds. The lowest BCUT2D eigenvalue weighted by Gasteiger charge is -2.36. The van der Waals surface area contributed by atoms with Gasteiger partial charge in [0.15, 0.2) is 0 Å². The fraction of sp³-hybridized carbons (Fsp3) is 0.308. The summed E-state index contributed by atoms with van der Waals surface area (Å²) < 4.78 is 0. The topological polar surface area (TPSA) is 45.2 Å². The summed E-state index contributed by atoms with van der Waals surface area (Å²) in [4.78, 5) is 16.3. The van der Waals surface area contributed by atoms with E-state index in [-0.39, 0.29) is 10.6 Å². The second kappa shape index (κ2) is 6.22. The SMILES string of the molecule is Clc1ccc(N2CCN(c3nc(Cl)nc(Cl)n3)CC2)cc1. The van der Waals surface area contributed by atoms with Crippen LogP contribution in [0.4, 0.5) is 11.6 Å². The molecule has 3 rings (SSSR count). The molecule has 1 aliphatic heterocycles. The number of benzene rings is 1. The molecule has 1 saturated heterocycles. The molecule has 0 radical (unpaired) electrons. The first-order chi connectivity index (χ1) is 10.1. The summed E-state index contributed by atoms with van der Waals surface area (Å²) in [5.41, 5.74) is 1.16. The van der Waals surface area contributed by atoms with Gasteiger partial charge < -0.3 is 9.80 Å². The van der Waals surface area contributed by atoms with Gasteiger partial charge in [0, 0.05) is 36.9 Å². The molecule has 1 fully saturated rings. The monoisotopic (exact) mass is 343 g/mol. The number of halogens is 3. The highest BCUT2D eigenvalue weighted by atomic mass is 35.5. The molecule has 0 atom stereocenters. The third kappa shape index (κ3) is 3.48. The highest BCUT2D eigenvalue weighted by Crippen LogP contribution is 2.21. The zero-order valence-electron chi connectivity index (χ0n) is 11.0. The number of aromatic nitrogens is 3. The molecule has 2 heterocycles. The van der Waals surface area contributed by atoms with Crippen LogP contribution in [0, 0.1) is 0 Å². The fourth-order valence-electron chi connectivity index (χ4n) is 2.27. The second-order valence-corrected chi connectivity index (χ2v) is 5.74. The molecule has 0 unspecified atom stereocenters. The van der Waals surface area contributed by atoms with E-state index in [1.807, 2.05) is 29.2 Å². The minimum absolute atomic E-state index is 0.116. The first kappa shape index (κ1) is 14.6. The van der Waals surface area contributed by atoms with Gasteiger partial charge in [0.25, 0.3) is 0 Å². The van der Waals surface area contributed by atoms with Crippen LogP contribution in [-0.4, -0.2) is 41.1 Å². The van der Waals surface area contributed by atoms with Gasteiger partial charge in [0.1, 0.15) is 0 Å². The predicted molar refractivity (Wildman–Crippen MR) is 85.7 cm³/mol. The summed E-state index contributed by atoms with van der Waals surface area (Å²) in [6, 6.07) is 7.84. The van der Waals surface area contributed by atoms with Crippen molar-refractivity contribution in [3.63, 3.8) is 0 Å². The predicted octanol–water partition coefficient (Wildman–Crippen LogP) is 3.16. The molecule has 21 heavy (non-hydrogen) atoms. The van der Waals surface area contributed by atoms with Crippen molar-refractivity contribution in [3.05, 3.63) is 39.9 Å². The van der Waals surface area contributed by atoms with Gasteiger partial charge in [0.05, 0.1) is 0 Å². The van der Waals surface area contributed by atoms with Gasteiger partial charge in [-0.1, -0.05) is 11.6 Å². The van der Waals surface area contributed by atoms with Gasteiger partial charge in [0.2, 0.25) is 16.5 Å². The lowest BCUT2D eigenvalue weighted by Crippen LogP contribution is -2.47. The van der Waals surface area contributed by atoms with E-state index < -0.39 is 0 Å². The zero-order valence-corrected chi connectivity index (χ0v) is 13.3. The van der Waals surface area contributed by atoms with Gasteiger partial charge in [-0.3, -0.25) is 0 Å². The summed E-state index contributed by atoms with van der Waals surface area (Å²) in [7, 11) is 0. The van der Waals surface area contributed by atoms with Crippen molar-refractivity contribution in [2.24, 2.45) is 0 Å². The van der Waals surface area contributed by atoms with E-state index in [9.17, 15) is 0 Å². The van der Waals surface area contributed by atoms with Crippen LogP contribution >= 0.6 is 34.8 Å². The molecule has 0 spiro atoms. The van der Waals surface area contributed by atoms with Crippen LogP contribution in [0.1, 0.15) is 0 Å². The van der Waals surface area contributed by atoms with E-state index >= 15 is 0 Å². The van der Waals surface area contributed by atoms with Gasteiger partial charge in [-0.15, -0.1) is 0 Å². The Morgan fingerprint density at radius 2 is 1.24 bits per heavy atom. The molecule has 1 aliphatic rings. The molecule has 1 aromatic heterocycles. The van der Waals surface area contributed by atoms with Gasteiger partial charge >= 0.3 is 0 Å². The first-order valence-electron chi connectivity index (χ1n) is 6.44. The lowest BCUT2D eigenvalue weighted by molar-refractivity contribution is 0.638. The standard InChI is InChI=1S/C13H12Cl3N5/c14-9-1-3-10(4-2-9)20-5-7-21(8-6-20)13-18-11(15)17-12(16)19-13/h1-4H,5-8H2. The molecule has 8 heteroatoms. The zero-order chi connectivity index (χ0) is 14.8. The van der Waals surface area contributed by atoms with Crippen molar-refractivity contribution < 1.29 is 0 Å². The van der Waals surface area contributed by atoms with E-state index in [1.165, 1.54) is 0 Å². The largest absolute Gasteiger partial charge is 0.368 e. The quantitative estimate of drug-likeness (QED) is 0.837. The maximum Gasteiger partial charge on any atom is 0.231 e. The Bertz CT molecular complexity index is 606. The lowest BCUT2D eigenvalue weighted by atomic mass is 10.2. The summed E-state index contributed by atoms with van der Waals surface area (Å²) >= 11 is 17.5. The smallest absolute Gasteiger partial charge is 0.231 e. The fourth-order valence-corrected chi connectivity index (χ4v) is 2.75. The molecule has 5 nitrogen and oxygen atoms in total. The average Bonchev–Trinajstić information content (AvgIpc) is 2.47. The molecular formula is C13H12Cl3N5. The molecular weight excluding hydrogens is 333 g/mol. The van der Waals surface area contributed by atoms with E-state index in [4.69, 9.17) is 34.8 Å². The Labute approximate surface area is 137 Å². The summed E-state index contributed by atoms with van der Waals surface area (Å²) in [6.07, 6.45) is 0. The van der Waals surface area contributed by atoms with Crippen LogP contribution in [-0.2, 0) is 0 Å². The number of nitrogens with zero attached hydrogens (tertiary/aromatic N) is 5. The van der Waals surface area contributed by atoms with E-state index in [1.54, 1.807) is 0 Å². The maximum atomic E-state index is 5.91. The van der Waals surface area contributed by atoms with Crippen molar-refractivity contribution in [1.29, 1.82) is 0 Å². The summed E-state index contributed by atoms with van der Waals surface area (Å²) in [6.45, 7) is 3.31. The summed E-state index contributed by atoms with van der Waals surface area (Å²) in [5.74, 6) is 0.524. The Balaban J connectivity index is 1.68. The molecule has 110 valence electrons. The van der Waals surface area contributed by atoms with Gasteiger partial charge in [-0.05, 0) is 47.5 Å². The van der Waals surface area contributed by atoms with E-state index in [2.05, 4.69) is 19.9 Å². The second-order valence-electron chi connectivity index (χ2n) is 4.62. The third-order valence-corrected chi connectivity index (χ3v) is 3.91. The normalized spacial score (nSPS) is 15.4. The van der Waals surface area contributed by atoms with Crippen molar-refractivity contribution in [2.45, 2.75) is 0 Å². The van der Waals surface area contributed by atoms with Crippen molar-refractivity contribution >= 4 is 46.4 Å². The Kier molecular flexibility index (Phi) is 4.33. The average molecular weight is 345 g/mol. The minimum atomic E-state index is 0.116. The Morgan fingerprint density at radius 1 is 0.714 bits per heavy atom. The van der Waals surface area contributed by atoms with Crippen molar-refractivity contribution in [1.82, 2.24) is 15.0 Å². The van der Waals surface area contributed by atoms with Crippen LogP contribution < -0.4 is 9.80 Å². The van der Waals surface area contributed by atoms with Crippen molar-refractivity contribution in [3.8, 4) is 0 Å². The van der Waals surface area contributed by atoms with Crippen molar-refractivity contribution in [2.75, 3.05) is 36.0 Å². The van der Waals surface area contributed by atoms with Crippen LogP contribution in [0.25, 0.3) is 0 Å². The molecule has 1 aromatic carbocycles. The maximum absolute atomic E-state index is 5.91. The molecule has 2 aromatic rings. The Morgan fingerprint density at radius 3 is 1.81 bits per heavy atom. The molecule has 0 aliphatic carbocycles. The number of hydrogen-bond acceptors (Lipinski definition) is 5. The first-order valence-corrected chi connectivity index (χ1v) is 7.58. The van der Waals surface area contributed by atoms with Gasteiger partial charge in [-0.2, -0.15) is 15.0 Å². The molecule has 0 saturated carbocycles. The van der Waals surface area contributed by atoms with Gasteiger partial charge in [-0.25, -0.2) is 0 Å². The number of anilines is 2. The highest BCUT2D eigenvalue weighted by molar-refractivity contribution is 6.31. The summed E-state index contributed by atoms with van der Waals surface area (Å²) in [5, 5.41) is 0.974.